The average Bonchev–Trinajstić information content (AvgIpc) is 3.53. The number of hydrogen-bond acceptors (Lipinski definition) is 9. The first-order valence-electron chi connectivity index (χ1n) is 13.7. The predicted molar refractivity (Wildman–Crippen MR) is 138 cm³/mol. The van der Waals surface area contributed by atoms with Gasteiger partial charge in [-0.25, -0.2) is 4.79 Å². The zero-order chi connectivity index (χ0) is 28.9. The zero-order valence-corrected chi connectivity index (χ0v) is 22.6. The lowest BCUT2D eigenvalue weighted by molar-refractivity contribution is -0.181. The van der Waals surface area contributed by atoms with Gasteiger partial charge in [0.05, 0.1) is 19.1 Å². The lowest BCUT2D eigenvalue weighted by atomic mass is 9.46. The molecule has 3 fully saturated rings. The first-order valence-corrected chi connectivity index (χ1v) is 13.7. The second kappa shape index (κ2) is 10.1. The van der Waals surface area contributed by atoms with Crippen LogP contribution in [0, 0.1) is 28.6 Å². The van der Waals surface area contributed by atoms with E-state index in [4.69, 9.17) is 19.0 Å². The van der Waals surface area contributed by atoms with Crippen molar-refractivity contribution in [2.24, 2.45) is 28.6 Å². The third-order valence-electron chi connectivity index (χ3n) is 9.98. The number of carboxylic acids is 1. The average molecular weight is 555 g/mol. The molecule has 40 heavy (non-hydrogen) atoms. The van der Waals surface area contributed by atoms with E-state index in [1.807, 2.05) is 13.0 Å². The van der Waals surface area contributed by atoms with Gasteiger partial charge in [0.15, 0.2) is 12.4 Å². The number of esters is 2. The molecule has 0 saturated heterocycles. The number of carbonyl (C=O) groups excluding carboxylic acids is 4. The highest BCUT2D eigenvalue weighted by atomic mass is 16.6. The van der Waals surface area contributed by atoms with Crippen LogP contribution in [0.3, 0.4) is 0 Å². The van der Waals surface area contributed by atoms with Crippen molar-refractivity contribution in [1.82, 2.24) is 0 Å². The molecule has 214 valence electrons. The summed E-state index contributed by atoms with van der Waals surface area (Å²) in [4.78, 5) is 61.5. The van der Waals surface area contributed by atoms with Crippen LogP contribution in [0.2, 0.25) is 0 Å². The van der Waals surface area contributed by atoms with Gasteiger partial charge in [0.2, 0.25) is 11.5 Å². The maximum Gasteiger partial charge on any atom is 0.374 e. The molecule has 7 atom stereocenters. The van der Waals surface area contributed by atoms with Gasteiger partial charge >= 0.3 is 17.9 Å². The van der Waals surface area contributed by atoms with Crippen molar-refractivity contribution in [3.8, 4) is 0 Å². The van der Waals surface area contributed by atoms with E-state index in [9.17, 15) is 29.1 Å². The smallest absolute Gasteiger partial charge is 0.374 e. The fourth-order valence-electron chi connectivity index (χ4n) is 8.00. The predicted octanol–water partition coefficient (Wildman–Crippen LogP) is 3.43. The van der Waals surface area contributed by atoms with Gasteiger partial charge in [-0.15, -0.1) is 0 Å². The van der Waals surface area contributed by atoms with Crippen molar-refractivity contribution < 1.29 is 48.1 Å². The monoisotopic (exact) mass is 554 g/mol. The topological polar surface area (TPSA) is 157 Å². The number of Topliss-reactive ketones (excluding diaryl/α,β-unsaturated/α-hetero) is 1. The number of furan rings is 1. The number of ether oxygens (including phenoxy) is 2. The molecule has 10 heteroatoms. The highest BCUT2D eigenvalue weighted by Gasteiger charge is 2.69. The first kappa shape index (κ1) is 28.0. The molecule has 1 aromatic heterocycles. The van der Waals surface area contributed by atoms with Gasteiger partial charge in [-0.05, 0) is 68.2 Å². The van der Waals surface area contributed by atoms with Crippen LogP contribution in [0.25, 0.3) is 0 Å². The molecule has 0 aliphatic heterocycles. The quantitative estimate of drug-likeness (QED) is 0.456. The van der Waals surface area contributed by atoms with E-state index < -0.39 is 59.3 Å². The minimum atomic E-state index is -1.83. The van der Waals surface area contributed by atoms with Crippen LogP contribution >= 0.6 is 0 Å². The van der Waals surface area contributed by atoms with Gasteiger partial charge in [-0.2, -0.15) is 0 Å². The third-order valence-corrected chi connectivity index (χ3v) is 9.98. The lowest BCUT2D eigenvalue weighted by Crippen LogP contribution is -2.62. The molecule has 3 saturated carbocycles. The number of hydrogen-bond donors (Lipinski definition) is 2. The van der Waals surface area contributed by atoms with Gasteiger partial charge in [-0.1, -0.05) is 25.5 Å². The van der Waals surface area contributed by atoms with E-state index in [0.29, 0.717) is 19.3 Å². The van der Waals surface area contributed by atoms with Crippen molar-refractivity contribution in [3.05, 3.63) is 48.0 Å². The Labute approximate surface area is 231 Å². The number of fused-ring (bicyclic) bond motifs is 5. The van der Waals surface area contributed by atoms with Crippen LogP contribution in [0.1, 0.15) is 69.3 Å². The number of aliphatic hydroxyl groups is 1. The fourth-order valence-corrected chi connectivity index (χ4v) is 8.00. The molecule has 0 unspecified atom stereocenters. The molecule has 4 aliphatic carbocycles. The normalized spacial score (nSPS) is 36.1. The Kier molecular flexibility index (Phi) is 7.10. The van der Waals surface area contributed by atoms with Crippen LogP contribution in [0.5, 0.6) is 0 Å². The Balaban J connectivity index is 1.45. The van der Waals surface area contributed by atoms with E-state index >= 15 is 0 Å². The summed E-state index contributed by atoms with van der Waals surface area (Å²) in [6.07, 6.45) is 7.29. The summed E-state index contributed by atoms with van der Waals surface area (Å²) in [7, 11) is 0. The summed E-state index contributed by atoms with van der Waals surface area (Å²) in [5, 5.41) is 20.7. The highest BCUT2D eigenvalue weighted by Crippen LogP contribution is 2.67. The van der Waals surface area contributed by atoms with Crippen LogP contribution in [-0.2, 0) is 28.7 Å². The number of carbonyl (C=O) groups is 5. The molecule has 0 radical (unpaired) electrons. The maximum atomic E-state index is 13.4. The molecule has 0 amide bonds. The maximum absolute atomic E-state index is 13.4. The molecule has 10 nitrogen and oxygen atoms in total. The first-order chi connectivity index (χ1) is 18.9. The summed E-state index contributed by atoms with van der Waals surface area (Å²) in [6.45, 7) is 3.22. The minimum absolute atomic E-state index is 0.0203. The van der Waals surface area contributed by atoms with Crippen molar-refractivity contribution in [2.45, 2.75) is 70.5 Å². The number of aliphatic carboxylic acids is 1. The molecular weight excluding hydrogens is 520 g/mol. The third kappa shape index (κ3) is 4.52. The second-order valence-electron chi connectivity index (χ2n) is 11.9. The van der Waals surface area contributed by atoms with Crippen LogP contribution in [-0.4, -0.2) is 58.0 Å². The minimum Gasteiger partial charge on any atom is -0.481 e. The number of rotatable bonds is 8. The number of carboxylic acid groups (broad SMARTS) is 1. The van der Waals surface area contributed by atoms with E-state index in [1.165, 1.54) is 12.3 Å². The summed E-state index contributed by atoms with van der Waals surface area (Å²) in [5.41, 5.74) is -2.38. The molecule has 0 spiro atoms. The van der Waals surface area contributed by atoms with Crippen molar-refractivity contribution in [2.75, 3.05) is 6.61 Å². The number of allylic oxidation sites excluding steroid dienone is 4. The van der Waals surface area contributed by atoms with Crippen molar-refractivity contribution >= 4 is 29.5 Å². The van der Waals surface area contributed by atoms with E-state index in [0.717, 1.165) is 5.57 Å². The molecule has 1 heterocycles. The summed E-state index contributed by atoms with van der Waals surface area (Å²) < 4.78 is 16.4. The summed E-state index contributed by atoms with van der Waals surface area (Å²) in [5.74, 6) is -3.61. The largest absolute Gasteiger partial charge is 0.481 e. The van der Waals surface area contributed by atoms with Crippen molar-refractivity contribution in [3.63, 3.8) is 0 Å². The van der Waals surface area contributed by atoms with Crippen LogP contribution in [0.4, 0.5) is 0 Å². The Hall–Kier alpha value is -3.53. The molecular formula is C30H34O10. The van der Waals surface area contributed by atoms with Crippen LogP contribution in [0.15, 0.2) is 46.6 Å². The zero-order valence-electron chi connectivity index (χ0n) is 22.6. The SMILES string of the molecule is C[C@]12C=CC(=O)C=C1CC[C@@H]1[C@@H]2[C@H](OC(=O)c2ccco2)C[C@@]2(C)[C@H]1CC[C@]2(O)C(=O)COC(=O)CCC(=O)O. The summed E-state index contributed by atoms with van der Waals surface area (Å²) in [6, 6.07) is 3.09. The van der Waals surface area contributed by atoms with E-state index in [-0.39, 0.29) is 48.6 Å². The molecule has 5 rings (SSSR count). The van der Waals surface area contributed by atoms with E-state index in [2.05, 4.69) is 6.92 Å². The fraction of sp³-hybridized carbons (Fsp3) is 0.567. The Morgan fingerprint density at radius 3 is 2.62 bits per heavy atom. The molecule has 4 aliphatic rings. The molecule has 0 aromatic carbocycles. The van der Waals surface area contributed by atoms with Gasteiger partial charge in [0.25, 0.3) is 0 Å². The second-order valence-corrected chi connectivity index (χ2v) is 11.9. The van der Waals surface area contributed by atoms with Gasteiger partial charge in [0, 0.05) is 16.7 Å². The molecule has 1 aromatic rings. The summed E-state index contributed by atoms with van der Waals surface area (Å²) >= 11 is 0. The van der Waals surface area contributed by atoms with Gasteiger partial charge in [-0.3, -0.25) is 19.2 Å². The Morgan fingerprint density at radius 1 is 1.15 bits per heavy atom. The van der Waals surface area contributed by atoms with Gasteiger partial charge in [0.1, 0.15) is 11.7 Å². The lowest BCUT2D eigenvalue weighted by Gasteiger charge is -2.60. The van der Waals surface area contributed by atoms with Crippen molar-refractivity contribution in [1.29, 1.82) is 0 Å². The Bertz CT molecular complexity index is 1290. The molecule has 0 bridgehead atoms. The Morgan fingerprint density at radius 2 is 1.93 bits per heavy atom. The highest BCUT2D eigenvalue weighted by molar-refractivity contribution is 6.01. The van der Waals surface area contributed by atoms with Crippen LogP contribution < -0.4 is 0 Å². The molecule has 2 N–H and O–H groups in total. The standard InChI is InChI=1S/C30H34O10/c1-28-11-9-18(31)14-17(28)5-6-19-20-10-12-30(37,23(32)16-39-25(35)8-7-24(33)34)29(20,2)15-22(26(19)28)40-27(36)21-4-3-13-38-21/h3-4,9,11,13-14,19-20,22,26,37H,5-8,10,12,15-16H2,1-2H3,(H,33,34)/t19-,20-,22+,26+,28-,29-,30-/m0/s1. The van der Waals surface area contributed by atoms with E-state index in [1.54, 1.807) is 18.2 Å². The number of ketones is 2. The van der Waals surface area contributed by atoms with Gasteiger partial charge < -0.3 is 24.1 Å².